The number of aryl methyl sites for hydroxylation is 1. The summed E-state index contributed by atoms with van der Waals surface area (Å²) in [6.07, 6.45) is 2.24. The first-order chi connectivity index (χ1) is 13.1. The predicted molar refractivity (Wildman–Crippen MR) is 111 cm³/mol. The quantitative estimate of drug-likeness (QED) is 0.462. The second-order valence-electron chi connectivity index (χ2n) is 7.07. The molecule has 1 aromatic heterocycles. The molecule has 0 N–H and O–H groups in total. The zero-order valence-corrected chi connectivity index (χ0v) is 16.0. The topological polar surface area (TPSA) is 17.4 Å². The fourth-order valence-corrected chi connectivity index (χ4v) is 3.72. The maximum absolute atomic E-state index is 6.05. The first kappa shape index (κ1) is 17.4. The van der Waals surface area contributed by atoms with Gasteiger partial charge in [0.25, 0.3) is 0 Å². The molecule has 0 aliphatic rings. The van der Waals surface area contributed by atoms with Gasteiger partial charge in [0.2, 0.25) is 0 Å². The van der Waals surface area contributed by atoms with E-state index in [4.69, 9.17) is 4.74 Å². The van der Waals surface area contributed by atoms with Crippen molar-refractivity contribution in [2.45, 2.75) is 6.04 Å². The molecule has 0 radical (unpaired) electrons. The first-order valence-electron chi connectivity index (χ1n) is 9.17. The molecular formula is C24H24N2O. The van der Waals surface area contributed by atoms with E-state index in [2.05, 4.69) is 79.3 Å². The van der Waals surface area contributed by atoms with Gasteiger partial charge in [-0.2, -0.15) is 0 Å². The van der Waals surface area contributed by atoms with Crippen LogP contribution < -0.4 is 4.74 Å². The molecule has 0 amide bonds. The number of benzene rings is 3. The molecule has 1 heterocycles. The van der Waals surface area contributed by atoms with Crippen LogP contribution in [0.5, 0.6) is 11.5 Å². The Bertz CT molecular complexity index is 1050. The smallest absolute Gasteiger partial charge is 0.127 e. The predicted octanol–water partition coefficient (Wildman–Crippen LogP) is 5.62. The molecule has 0 aliphatic carbocycles. The Morgan fingerprint density at radius 2 is 1.52 bits per heavy atom. The molecule has 136 valence electrons. The normalized spacial score (nSPS) is 12.4. The Morgan fingerprint density at radius 3 is 2.30 bits per heavy atom. The van der Waals surface area contributed by atoms with Crippen molar-refractivity contribution in [2.75, 3.05) is 14.1 Å². The summed E-state index contributed by atoms with van der Waals surface area (Å²) in [6.45, 7) is 0. The highest BCUT2D eigenvalue weighted by atomic mass is 16.5. The van der Waals surface area contributed by atoms with E-state index in [9.17, 15) is 0 Å². The van der Waals surface area contributed by atoms with Crippen molar-refractivity contribution in [1.82, 2.24) is 9.47 Å². The zero-order valence-electron chi connectivity index (χ0n) is 16.0. The summed E-state index contributed by atoms with van der Waals surface area (Å²) in [4.78, 5) is 2.25. The van der Waals surface area contributed by atoms with E-state index in [0.29, 0.717) is 0 Å². The van der Waals surface area contributed by atoms with E-state index >= 15 is 0 Å². The lowest BCUT2D eigenvalue weighted by molar-refractivity contribution is 0.342. The molecule has 3 nitrogen and oxygen atoms in total. The highest BCUT2D eigenvalue weighted by Crippen LogP contribution is 2.35. The molecular weight excluding hydrogens is 332 g/mol. The van der Waals surface area contributed by atoms with E-state index in [1.54, 1.807) is 0 Å². The minimum absolute atomic E-state index is 0.149. The summed E-state index contributed by atoms with van der Waals surface area (Å²) in [5.74, 6) is 1.70. The lowest BCUT2D eigenvalue weighted by Crippen LogP contribution is -2.21. The Labute approximate surface area is 160 Å². The largest absolute Gasteiger partial charge is 0.457 e. The number of aromatic nitrogens is 1. The van der Waals surface area contributed by atoms with Crippen molar-refractivity contribution < 1.29 is 4.74 Å². The molecule has 0 fully saturated rings. The SMILES string of the molecule is CN(C)C(c1cccc(Oc2ccccc2)c1)c1cn(C)c2ccccc12. The molecule has 0 aliphatic heterocycles. The molecule has 1 unspecified atom stereocenters. The molecule has 0 saturated heterocycles. The number of rotatable bonds is 5. The third-order valence-corrected chi connectivity index (χ3v) is 4.89. The summed E-state index contributed by atoms with van der Waals surface area (Å²) in [6, 6.07) is 27.0. The van der Waals surface area contributed by atoms with Crippen molar-refractivity contribution in [3.05, 3.63) is 96.2 Å². The Balaban J connectivity index is 1.75. The van der Waals surface area contributed by atoms with Crippen LogP contribution in [0.2, 0.25) is 0 Å². The maximum atomic E-state index is 6.05. The minimum Gasteiger partial charge on any atom is -0.457 e. The number of para-hydroxylation sites is 2. The molecule has 27 heavy (non-hydrogen) atoms. The average molecular weight is 356 g/mol. The van der Waals surface area contributed by atoms with Crippen molar-refractivity contribution in [2.24, 2.45) is 7.05 Å². The van der Waals surface area contributed by atoms with Crippen LogP contribution in [0.1, 0.15) is 17.2 Å². The fourth-order valence-electron chi connectivity index (χ4n) is 3.72. The van der Waals surface area contributed by atoms with Crippen LogP contribution in [0.25, 0.3) is 10.9 Å². The second-order valence-corrected chi connectivity index (χ2v) is 7.07. The standard InChI is InChI=1S/C24H24N2O/c1-25(2)24(22-17-26(3)23-15-8-7-14-21(22)23)18-10-9-13-20(16-18)27-19-11-5-4-6-12-19/h4-17,24H,1-3H3. The van der Waals surface area contributed by atoms with Gasteiger partial charge in [0.05, 0.1) is 6.04 Å². The van der Waals surface area contributed by atoms with Gasteiger partial charge in [-0.05, 0) is 55.6 Å². The molecule has 4 rings (SSSR count). The lowest BCUT2D eigenvalue weighted by atomic mass is 9.97. The first-order valence-corrected chi connectivity index (χ1v) is 9.17. The van der Waals surface area contributed by atoms with Gasteiger partial charge < -0.3 is 9.30 Å². The molecule has 3 aromatic carbocycles. The second kappa shape index (κ2) is 7.29. The molecule has 0 saturated carbocycles. The highest BCUT2D eigenvalue weighted by Gasteiger charge is 2.21. The highest BCUT2D eigenvalue weighted by molar-refractivity contribution is 5.84. The monoisotopic (exact) mass is 356 g/mol. The van der Waals surface area contributed by atoms with Crippen LogP contribution in [-0.2, 0) is 7.05 Å². The van der Waals surface area contributed by atoms with Gasteiger partial charge in [-0.1, -0.05) is 48.5 Å². The lowest BCUT2D eigenvalue weighted by Gasteiger charge is -2.25. The summed E-state index contributed by atoms with van der Waals surface area (Å²) >= 11 is 0. The van der Waals surface area contributed by atoms with E-state index in [1.807, 2.05) is 36.4 Å². The van der Waals surface area contributed by atoms with Crippen LogP contribution in [0.4, 0.5) is 0 Å². The maximum Gasteiger partial charge on any atom is 0.127 e. The summed E-state index contributed by atoms with van der Waals surface area (Å²) < 4.78 is 8.25. The van der Waals surface area contributed by atoms with Crippen LogP contribution >= 0.6 is 0 Å². The number of ether oxygens (including phenoxy) is 1. The van der Waals surface area contributed by atoms with Gasteiger partial charge >= 0.3 is 0 Å². The van der Waals surface area contributed by atoms with E-state index in [1.165, 1.54) is 22.0 Å². The van der Waals surface area contributed by atoms with Crippen molar-refractivity contribution in [1.29, 1.82) is 0 Å². The van der Waals surface area contributed by atoms with Crippen molar-refractivity contribution >= 4 is 10.9 Å². The Hall–Kier alpha value is -3.04. The third kappa shape index (κ3) is 3.46. The van der Waals surface area contributed by atoms with Crippen LogP contribution in [0.15, 0.2) is 85.1 Å². The number of hydrogen-bond acceptors (Lipinski definition) is 2. The van der Waals surface area contributed by atoms with Gasteiger partial charge in [0.15, 0.2) is 0 Å². The molecule has 4 aromatic rings. The van der Waals surface area contributed by atoms with Crippen LogP contribution in [-0.4, -0.2) is 23.6 Å². The minimum atomic E-state index is 0.149. The molecule has 3 heteroatoms. The van der Waals surface area contributed by atoms with E-state index < -0.39 is 0 Å². The number of nitrogens with zero attached hydrogens (tertiary/aromatic N) is 2. The van der Waals surface area contributed by atoms with Crippen molar-refractivity contribution in [3.63, 3.8) is 0 Å². The summed E-state index contributed by atoms with van der Waals surface area (Å²) in [5, 5.41) is 1.29. The van der Waals surface area contributed by atoms with Gasteiger partial charge in [-0.3, -0.25) is 4.90 Å². The number of fused-ring (bicyclic) bond motifs is 1. The fraction of sp³-hybridized carbons (Fsp3) is 0.167. The average Bonchev–Trinajstić information content (AvgIpc) is 3.00. The molecule has 1 atom stereocenters. The number of hydrogen-bond donors (Lipinski definition) is 0. The van der Waals surface area contributed by atoms with E-state index in [0.717, 1.165) is 11.5 Å². The van der Waals surface area contributed by atoms with Gasteiger partial charge in [0, 0.05) is 24.1 Å². The van der Waals surface area contributed by atoms with E-state index in [-0.39, 0.29) is 6.04 Å². The van der Waals surface area contributed by atoms with Crippen molar-refractivity contribution in [3.8, 4) is 11.5 Å². The Morgan fingerprint density at radius 1 is 0.815 bits per heavy atom. The molecule has 0 spiro atoms. The molecule has 0 bridgehead atoms. The third-order valence-electron chi connectivity index (χ3n) is 4.89. The Kier molecular flexibility index (Phi) is 4.69. The van der Waals surface area contributed by atoms with Crippen LogP contribution in [0, 0.1) is 0 Å². The van der Waals surface area contributed by atoms with Crippen LogP contribution in [0.3, 0.4) is 0 Å². The van der Waals surface area contributed by atoms with Gasteiger partial charge in [-0.15, -0.1) is 0 Å². The summed E-state index contributed by atoms with van der Waals surface area (Å²) in [5.41, 5.74) is 3.76. The van der Waals surface area contributed by atoms with Gasteiger partial charge in [0.1, 0.15) is 11.5 Å². The zero-order chi connectivity index (χ0) is 18.8. The van der Waals surface area contributed by atoms with Gasteiger partial charge in [-0.25, -0.2) is 0 Å². The summed E-state index contributed by atoms with van der Waals surface area (Å²) in [7, 11) is 6.35.